The first-order chi connectivity index (χ1) is 2.89. The third-order valence-corrected chi connectivity index (χ3v) is 1.28. The van der Waals surface area contributed by atoms with Crippen LogP contribution in [0.15, 0.2) is 0 Å². The van der Waals surface area contributed by atoms with E-state index in [0.29, 0.717) is 5.92 Å². The zero-order valence-electron chi connectivity index (χ0n) is 7.45. The molecule has 1 aliphatic carbocycles. The summed E-state index contributed by atoms with van der Waals surface area (Å²) in [7, 11) is 0. The van der Waals surface area contributed by atoms with Crippen LogP contribution in [0.5, 0.6) is 0 Å². The number of hydrogen-bond donors (Lipinski definition) is 0. The number of hydrogen-bond acceptors (Lipinski definition) is 0. The Hall–Kier alpha value is 6.62. The van der Waals surface area contributed by atoms with E-state index in [1.807, 2.05) is 0 Å². The van der Waals surface area contributed by atoms with Crippen molar-refractivity contribution in [1.29, 1.82) is 0 Å². The summed E-state index contributed by atoms with van der Waals surface area (Å²) < 4.78 is 0. The predicted molar refractivity (Wildman–Crippen MR) is 27.0 cm³/mol. The van der Waals surface area contributed by atoms with Crippen molar-refractivity contribution in [2.45, 2.75) is 19.3 Å². The maximum absolute atomic E-state index is 3.88. The van der Waals surface area contributed by atoms with E-state index < -0.39 is 0 Å². The van der Waals surface area contributed by atoms with Crippen molar-refractivity contribution in [1.82, 2.24) is 0 Å². The molecule has 0 aromatic heterocycles. The fraction of sp³-hybridized carbons (Fsp3) is 0.667. The minimum Gasteiger partial charge on any atom is -0.369 e. The molecule has 6 radical (unpaired) electrons. The molecule has 0 spiro atoms. The van der Waals surface area contributed by atoms with Crippen molar-refractivity contribution in [2.24, 2.45) is 5.92 Å². The zero-order chi connectivity index (χ0) is 4.41. The molecule has 0 bridgehead atoms. The summed E-state index contributed by atoms with van der Waals surface area (Å²) >= 11 is 0. The van der Waals surface area contributed by atoms with Gasteiger partial charge in [-0.1, -0.05) is 6.42 Å². The molecule has 1 saturated carbocycles. The molecule has 0 amide bonds. The molecule has 0 aromatic rings. The van der Waals surface area contributed by atoms with Crippen LogP contribution < -0.4 is 0 Å². The van der Waals surface area contributed by atoms with E-state index in [0.717, 1.165) is 0 Å². The van der Waals surface area contributed by atoms with E-state index in [2.05, 4.69) is 13.3 Å². The van der Waals surface area contributed by atoms with E-state index in [9.17, 15) is 0 Å². The summed E-state index contributed by atoms with van der Waals surface area (Å²) in [6, 6.07) is 0. The van der Waals surface area contributed by atoms with Crippen LogP contribution in [0.4, 0.5) is 0 Å². The maximum atomic E-state index is 3.88. The van der Waals surface area contributed by atoms with Crippen molar-refractivity contribution in [2.75, 3.05) is 0 Å². The average Bonchev–Trinajstić information content (AvgIpc) is 1.86. The molecule has 1 fully saturated rings. The van der Waals surface area contributed by atoms with E-state index in [4.69, 9.17) is 0 Å². The third kappa shape index (κ3) is 21.9. The molecule has 0 N–H and O–H groups in total. The first kappa shape index (κ1) is 36.3. The van der Waals surface area contributed by atoms with Gasteiger partial charge in [0.2, 0.25) is 0 Å². The van der Waals surface area contributed by atoms with Crippen LogP contribution in [0.2, 0.25) is 0 Å². The summed E-state index contributed by atoms with van der Waals surface area (Å²) in [6.07, 6.45) is 6.28. The van der Waals surface area contributed by atoms with Gasteiger partial charge in [-0.05, 0) is 0 Å². The first-order valence-corrected chi connectivity index (χ1v) is 2.56. The topological polar surface area (TPSA) is 0 Å². The van der Waals surface area contributed by atoms with E-state index in [-0.39, 0.29) is 196 Å². The van der Waals surface area contributed by atoms with E-state index >= 15 is 0 Å². The molecule has 12 heavy (non-hydrogen) atoms. The minimum atomic E-state index is 0. The molecule has 0 aromatic carbocycles. The largest absolute Gasteiger partial charge is 0.369 e. The zero-order valence-corrected chi connectivity index (χ0v) is 24.5. The van der Waals surface area contributed by atoms with E-state index in [1.54, 1.807) is 0 Å². The second-order valence-electron chi connectivity index (χ2n) is 1.93. The third-order valence-electron chi connectivity index (χ3n) is 1.28. The Morgan fingerprint density at radius 3 is 1.42 bits per heavy atom. The molecule has 54 valence electrons. The quantitative estimate of drug-likeness (QED) is 0.365. The first-order valence-electron chi connectivity index (χ1n) is 2.56. The van der Waals surface area contributed by atoms with Gasteiger partial charge in [-0.25, -0.2) is 0 Å². The Labute approximate surface area is 228 Å². The smallest absolute Gasteiger partial charge is 0 e. The SMILES string of the molecule is [CH2-]C1[CH-]CCC1.[Y].[Y].[Y].[Y].[Y].[Y]. The second kappa shape index (κ2) is 26.2. The van der Waals surface area contributed by atoms with Crippen LogP contribution in [0.1, 0.15) is 19.3 Å². The van der Waals surface area contributed by atoms with Gasteiger partial charge < -0.3 is 19.3 Å². The Kier molecular flexibility index (Phi) is 79.4. The van der Waals surface area contributed by atoms with Gasteiger partial charge in [0.25, 0.3) is 0 Å². The second-order valence-corrected chi connectivity index (χ2v) is 1.93. The van der Waals surface area contributed by atoms with Gasteiger partial charge in [0.15, 0.2) is 0 Å². The van der Waals surface area contributed by atoms with E-state index in [1.165, 1.54) is 19.3 Å². The fourth-order valence-electron chi connectivity index (χ4n) is 0.851. The van der Waals surface area contributed by atoms with Crippen molar-refractivity contribution in [3.05, 3.63) is 13.3 Å². The molecule has 0 saturated heterocycles. The van der Waals surface area contributed by atoms with Crippen LogP contribution in [-0.4, -0.2) is 0 Å². The van der Waals surface area contributed by atoms with Gasteiger partial charge in [0, 0.05) is 196 Å². The summed E-state index contributed by atoms with van der Waals surface area (Å²) in [5.74, 6) is 0.671. The van der Waals surface area contributed by atoms with Crippen molar-refractivity contribution in [3.63, 3.8) is 0 Å². The monoisotopic (exact) mass is 616 g/mol. The summed E-state index contributed by atoms with van der Waals surface area (Å²) in [6.45, 7) is 3.88. The standard InChI is InChI=1S/C6H10.6Y/c1-6-4-2-3-5-6;;;;;;/h4,6H,1-3,5H2;;;;;;/q-2;;;;;;. The van der Waals surface area contributed by atoms with Gasteiger partial charge in [0.1, 0.15) is 0 Å². The van der Waals surface area contributed by atoms with Crippen LogP contribution in [0, 0.1) is 19.3 Å². The normalized spacial score (nSPS) is 17.2. The molecule has 0 nitrogen and oxygen atoms in total. The maximum Gasteiger partial charge on any atom is 0 e. The van der Waals surface area contributed by atoms with Crippen LogP contribution in [0.3, 0.4) is 0 Å². The minimum absolute atomic E-state index is 0. The van der Waals surface area contributed by atoms with Gasteiger partial charge in [-0.15, -0.1) is 6.42 Å². The molecule has 6 heteroatoms. The molecule has 0 aliphatic heterocycles. The number of rotatable bonds is 0. The van der Waals surface area contributed by atoms with Crippen molar-refractivity contribution in [3.8, 4) is 0 Å². The molecular weight excluding hydrogens is 606 g/mol. The summed E-state index contributed by atoms with van der Waals surface area (Å²) in [5.41, 5.74) is 0. The van der Waals surface area contributed by atoms with Crippen LogP contribution >= 0.6 is 0 Å². The summed E-state index contributed by atoms with van der Waals surface area (Å²) in [4.78, 5) is 0. The Balaban J connectivity index is -0.0000000150. The molecule has 0 heterocycles. The Morgan fingerprint density at radius 1 is 0.917 bits per heavy atom. The fourth-order valence-corrected chi connectivity index (χ4v) is 0.851. The summed E-state index contributed by atoms with van der Waals surface area (Å²) in [5, 5.41) is 0. The Morgan fingerprint density at radius 2 is 1.33 bits per heavy atom. The average molecular weight is 616 g/mol. The van der Waals surface area contributed by atoms with Crippen molar-refractivity contribution < 1.29 is 196 Å². The van der Waals surface area contributed by atoms with Crippen molar-refractivity contribution >= 4 is 0 Å². The Bertz CT molecular complexity index is 45.3. The molecule has 1 atom stereocenters. The molecule has 1 unspecified atom stereocenters. The van der Waals surface area contributed by atoms with Gasteiger partial charge in [-0.2, -0.15) is 6.42 Å². The van der Waals surface area contributed by atoms with Gasteiger partial charge >= 0.3 is 0 Å². The van der Waals surface area contributed by atoms with Gasteiger partial charge in [-0.3, -0.25) is 0 Å². The van der Waals surface area contributed by atoms with Crippen LogP contribution in [0.25, 0.3) is 0 Å². The molecule has 1 aliphatic rings. The predicted octanol–water partition coefficient (Wildman–Crippen LogP) is 1.81. The van der Waals surface area contributed by atoms with Gasteiger partial charge in [0.05, 0.1) is 0 Å². The van der Waals surface area contributed by atoms with Crippen LogP contribution in [-0.2, 0) is 196 Å². The molecular formula is C6H10Y6-2. The molecule has 1 rings (SSSR count).